The third kappa shape index (κ3) is 6.20. The first-order valence-corrected chi connectivity index (χ1v) is 11.2. The van der Waals surface area contributed by atoms with E-state index in [4.69, 9.17) is 4.99 Å². The number of rotatable bonds is 7. The molecular formula is C27H30N4O. The molecule has 3 aromatic carbocycles. The first-order valence-electron chi connectivity index (χ1n) is 11.2. The van der Waals surface area contributed by atoms with Gasteiger partial charge in [0.1, 0.15) is 0 Å². The number of anilines is 1. The fourth-order valence-electron chi connectivity index (χ4n) is 3.78. The average molecular weight is 427 g/mol. The van der Waals surface area contributed by atoms with Crippen molar-refractivity contribution in [1.82, 2.24) is 10.2 Å². The number of guanidine groups is 1. The summed E-state index contributed by atoms with van der Waals surface area (Å²) in [6.45, 7) is 4.87. The summed E-state index contributed by atoms with van der Waals surface area (Å²) in [5.41, 5.74) is 5.72. The van der Waals surface area contributed by atoms with Gasteiger partial charge in [0.25, 0.3) is 0 Å². The third-order valence-corrected chi connectivity index (χ3v) is 5.57. The molecule has 164 valence electrons. The Balaban J connectivity index is 1.45. The van der Waals surface area contributed by atoms with Crippen LogP contribution in [0.25, 0.3) is 0 Å². The maximum atomic E-state index is 11.9. The Morgan fingerprint density at radius 1 is 0.938 bits per heavy atom. The van der Waals surface area contributed by atoms with Crippen LogP contribution in [0.4, 0.5) is 5.69 Å². The van der Waals surface area contributed by atoms with Gasteiger partial charge in [0.05, 0.1) is 6.54 Å². The molecule has 1 aliphatic rings. The minimum Gasteiger partial charge on any atom is -0.352 e. The van der Waals surface area contributed by atoms with Gasteiger partial charge in [-0.2, -0.15) is 0 Å². The first-order chi connectivity index (χ1) is 15.7. The summed E-state index contributed by atoms with van der Waals surface area (Å²) in [4.78, 5) is 18.7. The molecule has 1 fully saturated rings. The van der Waals surface area contributed by atoms with Gasteiger partial charge < -0.3 is 15.5 Å². The van der Waals surface area contributed by atoms with Crippen LogP contribution in [0, 0.1) is 6.92 Å². The van der Waals surface area contributed by atoms with Crippen LogP contribution >= 0.6 is 0 Å². The van der Waals surface area contributed by atoms with E-state index in [2.05, 4.69) is 60.0 Å². The van der Waals surface area contributed by atoms with Crippen molar-refractivity contribution in [3.8, 4) is 0 Å². The second kappa shape index (κ2) is 10.6. The predicted octanol–water partition coefficient (Wildman–Crippen LogP) is 4.88. The van der Waals surface area contributed by atoms with E-state index in [1.807, 2.05) is 41.3 Å². The van der Waals surface area contributed by atoms with E-state index >= 15 is 0 Å². The molecule has 0 radical (unpaired) electrons. The predicted molar refractivity (Wildman–Crippen MR) is 130 cm³/mol. The zero-order valence-electron chi connectivity index (χ0n) is 18.6. The van der Waals surface area contributed by atoms with E-state index in [9.17, 15) is 4.79 Å². The van der Waals surface area contributed by atoms with Crippen molar-refractivity contribution in [3.05, 3.63) is 101 Å². The number of amides is 1. The van der Waals surface area contributed by atoms with E-state index in [0.29, 0.717) is 26.1 Å². The lowest BCUT2D eigenvalue weighted by molar-refractivity contribution is -0.128. The number of benzene rings is 3. The molecule has 2 N–H and O–H groups in total. The van der Waals surface area contributed by atoms with Gasteiger partial charge in [0, 0.05) is 31.7 Å². The highest BCUT2D eigenvalue weighted by molar-refractivity contribution is 5.93. The summed E-state index contributed by atoms with van der Waals surface area (Å²) in [5, 5.41) is 6.84. The van der Waals surface area contributed by atoms with E-state index < -0.39 is 0 Å². The minimum absolute atomic E-state index is 0.253. The maximum Gasteiger partial charge on any atom is 0.222 e. The topological polar surface area (TPSA) is 56.7 Å². The van der Waals surface area contributed by atoms with Crippen LogP contribution < -0.4 is 10.6 Å². The van der Waals surface area contributed by atoms with E-state index in [0.717, 1.165) is 35.7 Å². The third-order valence-electron chi connectivity index (χ3n) is 5.57. The smallest absolute Gasteiger partial charge is 0.222 e. The summed E-state index contributed by atoms with van der Waals surface area (Å²) >= 11 is 0. The number of para-hydroxylation sites is 1. The highest BCUT2D eigenvalue weighted by Crippen LogP contribution is 2.16. The van der Waals surface area contributed by atoms with Gasteiger partial charge in [-0.3, -0.25) is 4.79 Å². The Hall–Kier alpha value is -3.60. The second-order valence-electron chi connectivity index (χ2n) is 8.23. The molecule has 32 heavy (non-hydrogen) atoms. The van der Waals surface area contributed by atoms with Crippen molar-refractivity contribution in [2.45, 2.75) is 39.4 Å². The van der Waals surface area contributed by atoms with Gasteiger partial charge in [0.2, 0.25) is 5.91 Å². The summed E-state index contributed by atoms with van der Waals surface area (Å²) in [6.07, 6.45) is 1.63. The van der Waals surface area contributed by atoms with Crippen molar-refractivity contribution in [3.63, 3.8) is 0 Å². The molecule has 0 bridgehead atoms. The maximum absolute atomic E-state index is 11.9. The van der Waals surface area contributed by atoms with Gasteiger partial charge in [0.15, 0.2) is 5.96 Å². The molecule has 0 unspecified atom stereocenters. The van der Waals surface area contributed by atoms with Crippen molar-refractivity contribution >= 4 is 17.6 Å². The molecule has 1 aliphatic heterocycles. The van der Waals surface area contributed by atoms with Gasteiger partial charge >= 0.3 is 0 Å². The van der Waals surface area contributed by atoms with Crippen LogP contribution in [0.15, 0.2) is 83.9 Å². The highest BCUT2D eigenvalue weighted by Gasteiger charge is 2.19. The minimum atomic E-state index is 0.253. The Bertz CT molecular complexity index is 1060. The monoisotopic (exact) mass is 426 g/mol. The van der Waals surface area contributed by atoms with E-state index in [1.54, 1.807) is 0 Å². The number of carbonyl (C=O) groups is 1. The number of hydrogen-bond donors (Lipinski definition) is 2. The Morgan fingerprint density at radius 2 is 1.72 bits per heavy atom. The quantitative estimate of drug-likeness (QED) is 0.418. The number of aliphatic imine (C=N–C) groups is 1. The number of nitrogens with zero attached hydrogens (tertiary/aromatic N) is 2. The standard InChI is InChI=1S/C27H30N4O/c1-21-12-14-22(15-13-21)18-28-27(30-25-9-3-2-4-10-25)29-19-23-7-5-8-24(17-23)20-31-16-6-11-26(31)32/h2-5,7-10,12-15,17H,6,11,16,18-20H2,1H3,(H2,28,29,30). The molecular weight excluding hydrogens is 396 g/mol. The van der Waals surface area contributed by atoms with E-state index in [1.165, 1.54) is 11.1 Å². The Kier molecular flexibility index (Phi) is 7.18. The van der Waals surface area contributed by atoms with E-state index in [-0.39, 0.29) is 5.91 Å². The highest BCUT2D eigenvalue weighted by atomic mass is 16.2. The number of aryl methyl sites for hydroxylation is 1. The summed E-state index contributed by atoms with van der Waals surface area (Å²) in [5.74, 6) is 0.986. The molecule has 0 spiro atoms. The number of nitrogens with one attached hydrogen (secondary N) is 2. The summed E-state index contributed by atoms with van der Waals surface area (Å²) in [6, 6.07) is 26.9. The zero-order valence-corrected chi connectivity index (χ0v) is 18.6. The van der Waals surface area contributed by atoms with Crippen LogP contribution in [-0.2, 0) is 24.4 Å². The van der Waals surface area contributed by atoms with Crippen LogP contribution in [0.2, 0.25) is 0 Å². The lowest BCUT2D eigenvalue weighted by Crippen LogP contribution is -2.30. The summed E-state index contributed by atoms with van der Waals surface area (Å²) < 4.78 is 0. The lowest BCUT2D eigenvalue weighted by atomic mass is 10.1. The van der Waals surface area contributed by atoms with Crippen LogP contribution in [0.3, 0.4) is 0 Å². The number of likely N-dealkylation sites (tertiary alicyclic amines) is 1. The first kappa shape index (κ1) is 21.6. The molecule has 0 saturated carbocycles. The normalized spacial score (nSPS) is 14.0. The average Bonchev–Trinajstić information content (AvgIpc) is 3.22. The zero-order chi connectivity index (χ0) is 22.2. The van der Waals surface area contributed by atoms with Crippen molar-refractivity contribution in [2.75, 3.05) is 11.9 Å². The Morgan fingerprint density at radius 3 is 2.47 bits per heavy atom. The molecule has 1 heterocycles. The fraction of sp³-hybridized carbons (Fsp3) is 0.259. The summed E-state index contributed by atoms with van der Waals surface area (Å²) in [7, 11) is 0. The molecule has 5 heteroatoms. The van der Waals surface area contributed by atoms with Crippen LogP contribution in [0.5, 0.6) is 0 Å². The molecule has 4 rings (SSSR count). The second-order valence-corrected chi connectivity index (χ2v) is 8.23. The van der Waals surface area contributed by atoms with Crippen molar-refractivity contribution in [1.29, 1.82) is 0 Å². The van der Waals surface area contributed by atoms with Crippen LogP contribution in [-0.4, -0.2) is 23.3 Å². The van der Waals surface area contributed by atoms with Gasteiger partial charge in [-0.25, -0.2) is 4.99 Å². The fourth-order valence-corrected chi connectivity index (χ4v) is 3.78. The molecule has 0 aromatic heterocycles. The molecule has 3 aromatic rings. The molecule has 1 saturated heterocycles. The molecule has 5 nitrogen and oxygen atoms in total. The molecule has 0 atom stereocenters. The molecule has 1 amide bonds. The number of hydrogen-bond acceptors (Lipinski definition) is 2. The SMILES string of the molecule is Cc1ccc(CNC(=NCc2cccc(CN3CCCC3=O)c2)Nc2ccccc2)cc1. The number of carbonyl (C=O) groups excluding carboxylic acids is 1. The Labute approximate surface area is 190 Å². The largest absolute Gasteiger partial charge is 0.352 e. The molecule has 0 aliphatic carbocycles. The van der Waals surface area contributed by atoms with Gasteiger partial charge in [-0.05, 0) is 42.2 Å². The van der Waals surface area contributed by atoms with Gasteiger partial charge in [-0.15, -0.1) is 0 Å². The van der Waals surface area contributed by atoms with Gasteiger partial charge in [-0.1, -0.05) is 72.3 Å². The van der Waals surface area contributed by atoms with Crippen LogP contribution in [0.1, 0.15) is 35.1 Å². The van der Waals surface area contributed by atoms with Crippen molar-refractivity contribution < 1.29 is 4.79 Å². The lowest BCUT2D eigenvalue weighted by Gasteiger charge is -2.16. The van der Waals surface area contributed by atoms with Crippen molar-refractivity contribution in [2.24, 2.45) is 4.99 Å².